The van der Waals surface area contributed by atoms with Crippen LogP contribution in [0.15, 0.2) is 29.3 Å². The van der Waals surface area contributed by atoms with Crippen LogP contribution in [0.5, 0.6) is 0 Å². The summed E-state index contributed by atoms with van der Waals surface area (Å²) in [4.78, 5) is 45.6. The van der Waals surface area contributed by atoms with Crippen molar-refractivity contribution < 1.29 is 14.4 Å². The van der Waals surface area contributed by atoms with Gasteiger partial charge in [0.05, 0.1) is 17.5 Å². The van der Waals surface area contributed by atoms with E-state index in [-0.39, 0.29) is 42.5 Å². The van der Waals surface area contributed by atoms with Gasteiger partial charge in [0.1, 0.15) is 0 Å². The van der Waals surface area contributed by atoms with E-state index >= 15 is 0 Å². The number of hydrogen-bond acceptors (Lipinski definition) is 5. The van der Waals surface area contributed by atoms with Gasteiger partial charge in [-0.25, -0.2) is 4.99 Å². The van der Waals surface area contributed by atoms with Crippen molar-refractivity contribution in [2.45, 2.75) is 39.0 Å². The molecule has 3 aliphatic rings. The van der Waals surface area contributed by atoms with Crippen molar-refractivity contribution in [3.63, 3.8) is 0 Å². The highest BCUT2D eigenvalue weighted by molar-refractivity contribution is 8.14. The highest BCUT2D eigenvalue weighted by Crippen LogP contribution is 2.38. The molecule has 2 heterocycles. The Hall–Kier alpha value is -2.15. The summed E-state index contributed by atoms with van der Waals surface area (Å²) in [5, 5.41) is 0.701. The maximum absolute atomic E-state index is 12.8. The number of likely N-dealkylation sites (tertiary alicyclic amines) is 1. The van der Waals surface area contributed by atoms with Gasteiger partial charge < -0.3 is 0 Å². The van der Waals surface area contributed by atoms with Gasteiger partial charge in [-0.3, -0.25) is 24.2 Å². The highest BCUT2D eigenvalue weighted by Gasteiger charge is 2.48. The third kappa shape index (κ3) is 3.60. The van der Waals surface area contributed by atoms with E-state index in [1.54, 1.807) is 16.7 Å². The van der Waals surface area contributed by atoms with Crippen LogP contribution in [0.3, 0.4) is 0 Å². The van der Waals surface area contributed by atoms with Crippen LogP contribution < -0.4 is 0 Å². The minimum absolute atomic E-state index is 0.0761. The summed E-state index contributed by atoms with van der Waals surface area (Å²) in [5.74, 6) is 0.267. The summed E-state index contributed by atoms with van der Waals surface area (Å²) < 4.78 is 0. The van der Waals surface area contributed by atoms with Gasteiger partial charge in [-0.05, 0) is 31.4 Å². The molecule has 0 aromatic heterocycles. The van der Waals surface area contributed by atoms with Crippen molar-refractivity contribution in [2.24, 2.45) is 16.8 Å². The second kappa shape index (κ2) is 8.07. The number of aliphatic imine (C=N–C) groups is 1. The molecule has 2 atom stereocenters. The fourth-order valence-electron chi connectivity index (χ4n) is 4.31. The Morgan fingerprint density at radius 3 is 2.50 bits per heavy atom. The van der Waals surface area contributed by atoms with Crippen molar-refractivity contribution in [3.8, 4) is 0 Å². The largest absolute Gasteiger partial charge is 0.290 e. The summed E-state index contributed by atoms with van der Waals surface area (Å²) >= 11 is 1.57. The lowest BCUT2D eigenvalue weighted by Crippen LogP contribution is -2.37. The van der Waals surface area contributed by atoms with Crippen molar-refractivity contribution >= 4 is 40.3 Å². The molecule has 28 heavy (non-hydrogen) atoms. The SMILES string of the molecule is Cc1ccccc1N=C1SCCN1C(=O)CCN1C(=O)[C@H]2CCCC[C@H]2C1=O. The van der Waals surface area contributed by atoms with Crippen molar-refractivity contribution in [3.05, 3.63) is 29.8 Å². The van der Waals surface area contributed by atoms with Crippen LogP contribution in [0.25, 0.3) is 0 Å². The second-order valence-corrected chi connectivity index (χ2v) is 8.71. The quantitative estimate of drug-likeness (QED) is 0.730. The van der Waals surface area contributed by atoms with Crippen LogP contribution in [0.4, 0.5) is 5.69 Å². The summed E-state index contributed by atoms with van der Waals surface area (Å²) in [7, 11) is 0. The molecule has 6 nitrogen and oxygen atoms in total. The molecule has 1 aromatic carbocycles. The maximum Gasteiger partial charge on any atom is 0.233 e. The van der Waals surface area contributed by atoms with Gasteiger partial charge in [0.2, 0.25) is 17.7 Å². The Morgan fingerprint density at radius 1 is 1.14 bits per heavy atom. The molecule has 1 aliphatic carbocycles. The number of carbonyl (C=O) groups excluding carboxylic acids is 3. The predicted molar refractivity (Wildman–Crippen MR) is 109 cm³/mol. The first kappa shape index (κ1) is 19.2. The van der Waals surface area contributed by atoms with E-state index in [9.17, 15) is 14.4 Å². The Morgan fingerprint density at radius 2 is 1.82 bits per heavy atom. The number of thioether (sulfide) groups is 1. The third-order valence-corrected chi connectivity index (χ3v) is 6.85. The molecule has 0 spiro atoms. The average Bonchev–Trinajstić information content (AvgIpc) is 3.26. The minimum Gasteiger partial charge on any atom is -0.290 e. The van der Waals surface area contributed by atoms with E-state index in [0.29, 0.717) is 11.7 Å². The van der Waals surface area contributed by atoms with E-state index in [2.05, 4.69) is 4.99 Å². The molecule has 3 amide bonds. The van der Waals surface area contributed by atoms with E-state index < -0.39 is 0 Å². The zero-order valence-electron chi connectivity index (χ0n) is 16.1. The lowest BCUT2D eigenvalue weighted by Gasteiger charge is -2.19. The Labute approximate surface area is 169 Å². The summed E-state index contributed by atoms with van der Waals surface area (Å²) in [6, 6.07) is 7.83. The number of imide groups is 1. The molecule has 0 N–H and O–H groups in total. The highest BCUT2D eigenvalue weighted by atomic mass is 32.2. The number of nitrogens with zero attached hydrogens (tertiary/aromatic N) is 3. The number of amides is 3. The molecule has 3 fully saturated rings. The molecule has 2 saturated heterocycles. The molecule has 7 heteroatoms. The normalized spacial score (nSPS) is 26.2. The third-order valence-electron chi connectivity index (χ3n) is 5.89. The van der Waals surface area contributed by atoms with E-state index in [1.165, 1.54) is 4.90 Å². The zero-order chi connectivity index (χ0) is 19.7. The molecule has 1 saturated carbocycles. The zero-order valence-corrected chi connectivity index (χ0v) is 16.9. The maximum atomic E-state index is 12.8. The summed E-state index contributed by atoms with van der Waals surface area (Å²) in [6.07, 6.45) is 3.78. The monoisotopic (exact) mass is 399 g/mol. The fraction of sp³-hybridized carbons (Fsp3) is 0.524. The van der Waals surface area contributed by atoms with Crippen LogP contribution in [-0.2, 0) is 14.4 Å². The van der Waals surface area contributed by atoms with Gasteiger partial charge in [-0.2, -0.15) is 0 Å². The molecule has 148 valence electrons. The van der Waals surface area contributed by atoms with Crippen LogP contribution in [-0.4, -0.2) is 51.5 Å². The first-order chi connectivity index (χ1) is 13.6. The molecule has 1 aromatic rings. The van der Waals surface area contributed by atoms with E-state index in [1.807, 2.05) is 31.2 Å². The van der Waals surface area contributed by atoms with E-state index in [4.69, 9.17) is 0 Å². The molecular formula is C21H25N3O3S. The number of fused-ring (bicyclic) bond motifs is 1. The molecule has 2 aliphatic heterocycles. The van der Waals surface area contributed by atoms with Gasteiger partial charge in [0.25, 0.3) is 0 Å². The topological polar surface area (TPSA) is 70.1 Å². The number of rotatable bonds is 4. The van der Waals surface area contributed by atoms with Crippen molar-refractivity contribution in [1.29, 1.82) is 0 Å². The van der Waals surface area contributed by atoms with Crippen LogP contribution >= 0.6 is 11.8 Å². The average molecular weight is 400 g/mol. The Kier molecular flexibility index (Phi) is 5.53. The van der Waals surface area contributed by atoms with Gasteiger partial charge >= 0.3 is 0 Å². The molecule has 4 rings (SSSR count). The molecule has 0 radical (unpaired) electrons. The predicted octanol–water partition coefficient (Wildman–Crippen LogP) is 3.12. The number of amidine groups is 1. The van der Waals surface area contributed by atoms with Gasteiger partial charge in [0, 0.05) is 25.3 Å². The summed E-state index contributed by atoms with van der Waals surface area (Å²) in [6.45, 7) is 2.79. The number of para-hydroxylation sites is 1. The molecular weight excluding hydrogens is 374 g/mol. The molecule has 0 bridgehead atoms. The van der Waals surface area contributed by atoms with Crippen molar-refractivity contribution in [1.82, 2.24) is 9.80 Å². The fourth-order valence-corrected chi connectivity index (χ4v) is 5.28. The lowest BCUT2D eigenvalue weighted by molar-refractivity contribution is -0.140. The van der Waals surface area contributed by atoms with Crippen molar-refractivity contribution in [2.75, 3.05) is 18.8 Å². The first-order valence-corrected chi connectivity index (χ1v) is 11.0. The number of aryl methyl sites for hydroxylation is 1. The Bertz CT molecular complexity index is 814. The number of carbonyl (C=O) groups is 3. The summed E-state index contributed by atoms with van der Waals surface area (Å²) in [5.41, 5.74) is 1.92. The first-order valence-electron chi connectivity index (χ1n) is 9.99. The van der Waals surface area contributed by atoms with Crippen LogP contribution in [0.2, 0.25) is 0 Å². The molecule has 0 unspecified atom stereocenters. The lowest BCUT2D eigenvalue weighted by atomic mass is 9.81. The minimum atomic E-state index is -0.156. The van der Waals surface area contributed by atoms with Crippen LogP contribution in [0.1, 0.15) is 37.7 Å². The standard InChI is InChI=1S/C21H25N3O3S/c1-14-6-2-5-9-17(14)22-21-23(12-13-28-21)18(25)10-11-24-19(26)15-7-3-4-8-16(15)20(24)27/h2,5-6,9,15-16H,3-4,7-8,10-13H2,1H3/t15-,16+. The van der Waals surface area contributed by atoms with E-state index in [0.717, 1.165) is 42.7 Å². The number of benzene rings is 1. The Balaban J connectivity index is 1.41. The second-order valence-electron chi connectivity index (χ2n) is 7.65. The van der Waals surface area contributed by atoms with Gasteiger partial charge in [0.15, 0.2) is 5.17 Å². The van der Waals surface area contributed by atoms with Crippen LogP contribution in [0, 0.1) is 18.8 Å². The number of hydrogen-bond donors (Lipinski definition) is 0. The smallest absolute Gasteiger partial charge is 0.233 e. The van der Waals surface area contributed by atoms with Gasteiger partial charge in [-0.1, -0.05) is 42.8 Å². The van der Waals surface area contributed by atoms with Gasteiger partial charge in [-0.15, -0.1) is 0 Å².